The van der Waals surface area contributed by atoms with E-state index in [2.05, 4.69) is 10.6 Å². The number of benzene rings is 1. The SMILES string of the molecule is Cl.NC1(C(=O)Nc2ccc(CC3CC(=O)NC3=O)cc2)CCCCC1. The van der Waals surface area contributed by atoms with Crippen LogP contribution in [0, 0.1) is 5.92 Å². The number of hydrogen-bond donors (Lipinski definition) is 3. The molecule has 1 atom stereocenters. The van der Waals surface area contributed by atoms with Crippen molar-refractivity contribution < 1.29 is 14.4 Å². The number of carbonyl (C=O) groups excluding carboxylic acids is 3. The highest BCUT2D eigenvalue weighted by Crippen LogP contribution is 2.27. The molecule has 2 aliphatic rings. The van der Waals surface area contributed by atoms with Gasteiger partial charge in [0.1, 0.15) is 0 Å². The summed E-state index contributed by atoms with van der Waals surface area (Å²) in [4.78, 5) is 35.2. The number of anilines is 1. The molecule has 7 heteroatoms. The predicted octanol–water partition coefficient (Wildman–Crippen LogP) is 1.91. The molecule has 4 N–H and O–H groups in total. The number of carbonyl (C=O) groups is 3. The van der Waals surface area contributed by atoms with Crippen LogP contribution < -0.4 is 16.4 Å². The molecular weight excluding hydrogens is 342 g/mol. The Hall–Kier alpha value is -1.92. The van der Waals surface area contributed by atoms with E-state index in [4.69, 9.17) is 5.73 Å². The van der Waals surface area contributed by atoms with Crippen molar-refractivity contribution in [3.05, 3.63) is 29.8 Å². The standard InChI is InChI=1S/C18H23N3O3.ClH/c19-18(8-2-1-3-9-18)17(24)20-14-6-4-12(5-7-14)10-13-11-15(22)21-16(13)23;/h4-7,13H,1-3,8-11,19H2,(H,20,24)(H,21,22,23);1H. The van der Waals surface area contributed by atoms with Gasteiger partial charge in [0, 0.05) is 12.1 Å². The summed E-state index contributed by atoms with van der Waals surface area (Å²) in [7, 11) is 0. The van der Waals surface area contributed by atoms with Crippen LogP contribution in [0.2, 0.25) is 0 Å². The molecule has 25 heavy (non-hydrogen) atoms. The van der Waals surface area contributed by atoms with Crippen molar-refractivity contribution >= 4 is 35.8 Å². The first kappa shape index (κ1) is 19.4. The van der Waals surface area contributed by atoms with Gasteiger partial charge in [0.05, 0.1) is 11.5 Å². The zero-order valence-corrected chi connectivity index (χ0v) is 14.9. The number of amides is 3. The van der Waals surface area contributed by atoms with Crippen LogP contribution in [0.5, 0.6) is 0 Å². The van der Waals surface area contributed by atoms with E-state index in [1.807, 2.05) is 24.3 Å². The van der Waals surface area contributed by atoms with Crippen LogP contribution in [0.25, 0.3) is 0 Å². The van der Waals surface area contributed by atoms with E-state index < -0.39 is 5.54 Å². The Balaban J connectivity index is 0.00000225. The van der Waals surface area contributed by atoms with E-state index in [1.165, 1.54) is 0 Å². The number of hydrogen-bond acceptors (Lipinski definition) is 4. The topological polar surface area (TPSA) is 101 Å². The van der Waals surface area contributed by atoms with Crippen molar-refractivity contribution in [2.75, 3.05) is 5.32 Å². The third kappa shape index (κ3) is 4.58. The Morgan fingerprint density at radius 1 is 1.16 bits per heavy atom. The minimum Gasteiger partial charge on any atom is -0.324 e. The molecule has 1 heterocycles. The Labute approximate surface area is 153 Å². The molecule has 1 aromatic rings. The molecule has 1 aliphatic carbocycles. The molecule has 1 unspecified atom stereocenters. The monoisotopic (exact) mass is 365 g/mol. The Bertz CT molecular complexity index is 654. The second kappa shape index (κ2) is 7.97. The molecule has 3 amide bonds. The molecule has 0 aromatic heterocycles. The van der Waals surface area contributed by atoms with E-state index in [9.17, 15) is 14.4 Å². The summed E-state index contributed by atoms with van der Waals surface area (Å²) in [5, 5.41) is 5.21. The van der Waals surface area contributed by atoms with Gasteiger partial charge >= 0.3 is 0 Å². The summed E-state index contributed by atoms with van der Waals surface area (Å²) in [6, 6.07) is 7.37. The zero-order valence-electron chi connectivity index (χ0n) is 14.0. The van der Waals surface area contributed by atoms with Gasteiger partial charge in [-0.1, -0.05) is 31.4 Å². The smallest absolute Gasteiger partial charge is 0.244 e. The third-order valence-corrected chi connectivity index (χ3v) is 4.96. The Kier molecular flexibility index (Phi) is 6.19. The van der Waals surface area contributed by atoms with Gasteiger partial charge in [-0.2, -0.15) is 0 Å². The molecule has 0 spiro atoms. The molecule has 1 aromatic carbocycles. The fraction of sp³-hybridized carbons (Fsp3) is 0.500. The third-order valence-electron chi connectivity index (χ3n) is 4.96. The van der Waals surface area contributed by atoms with Gasteiger partial charge in [-0.25, -0.2) is 0 Å². The normalized spacial score (nSPS) is 22.0. The van der Waals surface area contributed by atoms with Crippen LogP contribution in [-0.4, -0.2) is 23.3 Å². The summed E-state index contributed by atoms with van der Waals surface area (Å²) >= 11 is 0. The molecule has 2 fully saturated rings. The highest BCUT2D eigenvalue weighted by molar-refractivity contribution is 6.03. The van der Waals surface area contributed by atoms with Gasteiger partial charge in [-0.15, -0.1) is 12.4 Å². The van der Waals surface area contributed by atoms with Crippen molar-refractivity contribution in [3.63, 3.8) is 0 Å². The van der Waals surface area contributed by atoms with Crippen LogP contribution in [0.3, 0.4) is 0 Å². The molecule has 1 saturated carbocycles. The number of nitrogens with one attached hydrogen (secondary N) is 2. The van der Waals surface area contributed by atoms with Crippen molar-refractivity contribution in [2.45, 2.75) is 50.5 Å². The molecule has 0 radical (unpaired) electrons. The number of imide groups is 1. The van der Waals surface area contributed by atoms with Crippen molar-refractivity contribution in [2.24, 2.45) is 11.7 Å². The second-order valence-electron chi connectivity index (χ2n) is 6.89. The van der Waals surface area contributed by atoms with Gasteiger partial charge in [-0.3, -0.25) is 19.7 Å². The largest absolute Gasteiger partial charge is 0.324 e. The van der Waals surface area contributed by atoms with Crippen LogP contribution in [0.15, 0.2) is 24.3 Å². The van der Waals surface area contributed by atoms with Crippen molar-refractivity contribution in [1.82, 2.24) is 5.32 Å². The maximum absolute atomic E-state index is 12.4. The second-order valence-corrected chi connectivity index (χ2v) is 6.89. The molecule has 1 aliphatic heterocycles. The average Bonchev–Trinajstić information content (AvgIpc) is 2.87. The van der Waals surface area contributed by atoms with Crippen LogP contribution in [0.4, 0.5) is 5.69 Å². The van der Waals surface area contributed by atoms with Gasteiger partial charge in [-0.05, 0) is 37.0 Å². The van der Waals surface area contributed by atoms with E-state index >= 15 is 0 Å². The number of nitrogens with two attached hydrogens (primary N) is 1. The average molecular weight is 366 g/mol. The van der Waals surface area contributed by atoms with Crippen LogP contribution in [0.1, 0.15) is 44.1 Å². The first-order chi connectivity index (χ1) is 11.5. The first-order valence-electron chi connectivity index (χ1n) is 8.49. The summed E-state index contributed by atoms with van der Waals surface area (Å²) < 4.78 is 0. The highest BCUT2D eigenvalue weighted by atomic mass is 35.5. The maximum Gasteiger partial charge on any atom is 0.244 e. The van der Waals surface area contributed by atoms with Gasteiger partial charge in [0.2, 0.25) is 17.7 Å². The lowest BCUT2D eigenvalue weighted by Gasteiger charge is -2.31. The summed E-state index contributed by atoms with van der Waals surface area (Å²) in [5.74, 6) is -0.849. The molecule has 3 rings (SSSR count). The zero-order chi connectivity index (χ0) is 17.2. The van der Waals surface area contributed by atoms with Gasteiger partial charge in [0.15, 0.2) is 0 Å². The Morgan fingerprint density at radius 3 is 2.36 bits per heavy atom. The predicted molar refractivity (Wildman–Crippen MR) is 97.3 cm³/mol. The molecule has 6 nitrogen and oxygen atoms in total. The first-order valence-corrected chi connectivity index (χ1v) is 8.49. The van der Waals surface area contributed by atoms with Crippen LogP contribution >= 0.6 is 12.4 Å². The molecule has 1 saturated heterocycles. The van der Waals surface area contributed by atoms with E-state index in [-0.39, 0.29) is 42.5 Å². The van der Waals surface area contributed by atoms with E-state index in [0.29, 0.717) is 12.1 Å². The summed E-state index contributed by atoms with van der Waals surface area (Å²) in [6.45, 7) is 0. The molecule has 0 bridgehead atoms. The van der Waals surface area contributed by atoms with Crippen LogP contribution in [-0.2, 0) is 20.8 Å². The quantitative estimate of drug-likeness (QED) is 0.709. The Morgan fingerprint density at radius 2 is 1.80 bits per heavy atom. The minimum absolute atomic E-state index is 0. The highest BCUT2D eigenvalue weighted by Gasteiger charge is 2.35. The summed E-state index contributed by atoms with van der Waals surface area (Å²) in [6.07, 6.45) is 5.33. The molecule has 136 valence electrons. The van der Waals surface area contributed by atoms with Gasteiger partial charge < -0.3 is 11.1 Å². The fourth-order valence-corrected chi connectivity index (χ4v) is 3.45. The van der Waals surface area contributed by atoms with E-state index in [0.717, 1.165) is 37.7 Å². The maximum atomic E-state index is 12.4. The lowest BCUT2D eigenvalue weighted by Crippen LogP contribution is -2.52. The van der Waals surface area contributed by atoms with Crippen molar-refractivity contribution in [1.29, 1.82) is 0 Å². The van der Waals surface area contributed by atoms with Gasteiger partial charge in [0.25, 0.3) is 0 Å². The number of halogens is 1. The lowest BCUT2D eigenvalue weighted by atomic mass is 9.82. The lowest BCUT2D eigenvalue weighted by molar-refractivity contribution is -0.126. The number of rotatable bonds is 4. The summed E-state index contributed by atoms with van der Waals surface area (Å²) in [5.41, 5.74) is 7.13. The van der Waals surface area contributed by atoms with Crippen molar-refractivity contribution in [3.8, 4) is 0 Å². The fourth-order valence-electron chi connectivity index (χ4n) is 3.45. The minimum atomic E-state index is -0.765. The molecular formula is C18H24ClN3O3. The van der Waals surface area contributed by atoms with E-state index in [1.54, 1.807) is 0 Å².